The molecule has 0 aromatic carbocycles. The highest BCUT2D eigenvalue weighted by atomic mass is 31.0. The molecule has 2 unspecified atom stereocenters. The number of urea groups is 1. The van der Waals surface area contributed by atoms with Gasteiger partial charge in [0.1, 0.15) is 6.04 Å². The number of amides is 3. The van der Waals surface area contributed by atoms with Crippen LogP contribution in [0.5, 0.6) is 0 Å². The Morgan fingerprint density at radius 2 is 2.13 bits per heavy atom. The molecule has 23 heavy (non-hydrogen) atoms. The molecule has 1 N–H and O–H groups in total. The monoisotopic (exact) mass is 362 g/mol. The maximum Gasteiger partial charge on any atom is 0.345 e. The Morgan fingerprint density at radius 1 is 1.30 bits per heavy atom. The molecule has 3 rings (SSSR count). The van der Waals surface area contributed by atoms with Gasteiger partial charge in [-0.15, -0.1) is 0 Å². The number of hydrogen-bond donors (Lipinski definition) is 1. The van der Waals surface area contributed by atoms with Gasteiger partial charge >= 0.3 is 6.03 Å². The fourth-order valence-corrected chi connectivity index (χ4v) is 4.20. The number of piperidine rings is 2. The fourth-order valence-electron chi connectivity index (χ4n) is 3.52. The standard InChI is InChI=1S/C13H24N4O4P2/c18-12(14-20-8-10-3-1-2-6-16(10)22)11-5-4-9-7-15(11)13(19)17(9)21-23/h9-11H,1-8,22-23H2,(H,14,18)/t9-,10-,11-/m0/s1. The second-order valence-corrected chi connectivity index (χ2v) is 7.15. The number of rotatable bonds is 5. The summed E-state index contributed by atoms with van der Waals surface area (Å²) < 4.78 is 7.21. The molecule has 10 heteroatoms. The summed E-state index contributed by atoms with van der Waals surface area (Å²) in [4.78, 5) is 31.5. The van der Waals surface area contributed by atoms with Crippen LogP contribution >= 0.6 is 18.9 Å². The molecule has 0 aliphatic carbocycles. The van der Waals surface area contributed by atoms with E-state index in [1.54, 1.807) is 4.90 Å². The average Bonchev–Trinajstić information content (AvgIpc) is 2.80. The summed E-state index contributed by atoms with van der Waals surface area (Å²) in [5.74, 6) is -0.256. The lowest BCUT2D eigenvalue weighted by molar-refractivity contribution is -0.140. The zero-order valence-electron chi connectivity index (χ0n) is 13.0. The van der Waals surface area contributed by atoms with E-state index in [2.05, 4.69) is 29.0 Å². The molecule has 0 saturated carbocycles. The predicted octanol–water partition coefficient (Wildman–Crippen LogP) is 0.669. The molecule has 3 heterocycles. The summed E-state index contributed by atoms with van der Waals surface area (Å²) in [6, 6.07) is -0.412. The molecule has 3 saturated heterocycles. The van der Waals surface area contributed by atoms with E-state index in [0.717, 1.165) is 19.4 Å². The maximum atomic E-state index is 12.3. The molecule has 2 bridgehead atoms. The van der Waals surface area contributed by atoms with E-state index in [1.165, 1.54) is 17.9 Å². The van der Waals surface area contributed by atoms with Crippen LogP contribution in [0.15, 0.2) is 0 Å². The van der Waals surface area contributed by atoms with Crippen molar-refractivity contribution in [2.45, 2.75) is 50.2 Å². The van der Waals surface area contributed by atoms with Gasteiger partial charge in [-0.2, -0.15) is 5.06 Å². The lowest BCUT2D eigenvalue weighted by atomic mass is 10.0. The first-order valence-electron chi connectivity index (χ1n) is 8.01. The molecule has 3 fully saturated rings. The second-order valence-electron chi connectivity index (χ2n) is 6.28. The summed E-state index contributed by atoms with van der Waals surface area (Å²) in [6.07, 6.45) is 4.81. The van der Waals surface area contributed by atoms with Crippen LogP contribution in [-0.4, -0.2) is 64.4 Å². The molecule has 0 aromatic rings. The lowest BCUT2D eigenvalue weighted by Gasteiger charge is -2.32. The van der Waals surface area contributed by atoms with Gasteiger partial charge in [-0.3, -0.25) is 18.9 Å². The number of hydroxylamine groups is 3. The Morgan fingerprint density at radius 3 is 2.87 bits per heavy atom. The van der Waals surface area contributed by atoms with E-state index in [0.29, 0.717) is 25.6 Å². The first kappa shape index (κ1) is 17.3. The summed E-state index contributed by atoms with van der Waals surface area (Å²) >= 11 is 0. The third-order valence-corrected chi connectivity index (χ3v) is 5.77. The fraction of sp³-hybridized carbons (Fsp3) is 0.846. The van der Waals surface area contributed by atoms with Crippen LogP contribution in [0.2, 0.25) is 0 Å². The number of fused-ring (bicyclic) bond motifs is 2. The van der Waals surface area contributed by atoms with Crippen LogP contribution in [-0.2, 0) is 14.3 Å². The normalized spacial score (nSPS) is 31.6. The van der Waals surface area contributed by atoms with Crippen LogP contribution < -0.4 is 5.48 Å². The van der Waals surface area contributed by atoms with E-state index >= 15 is 0 Å². The van der Waals surface area contributed by atoms with Crippen LogP contribution in [0, 0.1) is 0 Å². The smallest absolute Gasteiger partial charge is 0.309 e. The number of nitrogens with one attached hydrogen (secondary N) is 1. The Balaban J connectivity index is 1.48. The summed E-state index contributed by atoms with van der Waals surface area (Å²) in [5.41, 5.74) is 2.52. The average molecular weight is 362 g/mol. The van der Waals surface area contributed by atoms with Gasteiger partial charge in [-0.05, 0) is 25.7 Å². The van der Waals surface area contributed by atoms with E-state index in [-0.39, 0.29) is 18.0 Å². The molecule has 3 aliphatic rings. The number of carbonyl (C=O) groups excluding carboxylic acids is 2. The molecular weight excluding hydrogens is 338 g/mol. The van der Waals surface area contributed by atoms with E-state index in [1.807, 2.05) is 0 Å². The van der Waals surface area contributed by atoms with Gasteiger partial charge in [0.25, 0.3) is 5.91 Å². The molecule has 3 amide bonds. The van der Waals surface area contributed by atoms with Crippen molar-refractivity contribution in [2.75, 3.05) is 19.7 Å². The lowest BCUT2D eigenvalue weighted by Crippen LogP contribution is -2.50. The van der Waals surface area contributed by atoms with Gasteiger partial charge in [0, 0.05) is 28.6 Å². The van der Waals surface area contributed by atoms with Crippen LogP contribution in [0.4, 0.5) is 4.79 Å². The number of nitrogens with zero attached hydrogens (tertiary/aromatic N) is 3. The van der Waals surface area contributed by atoms with E-state index < -0.39 is 6.04 Å². The van der Waals surface area contributed by atoms with E-state index in [4.69, 9.17) is 9.46 Å². The Kier molecular flexibility index (Phi) is 5.70. The van der Waals surface area contributed by atoms with Crippen molar-refractivity contribution in [3.8, 4) is 0 Å². The zero-order valence-corrected chi connectivity index (χ0v) is 15.3. The van der Waals surface area contributed by atoms with E-state index in [9.17, 15) is 9.59 Å². The molecule has 5 atom stereocenters. The summed E-state index contributed by atoms with van der Waals surface area (Å²) in [5, 5.41) is 1.33. The Labute approximate surface area is 140 Å². The largest absolute Gasteiger partial charge is 0.345 e. The summed E-state index contributed by atoms with van der Waals surface area (Å²) in [7, 11) is 4.81. The predicted molar refractivity (Wildman–Crippen MR) is 89.7 cm³/mol. The SMILES string of the molecule is O=C(NOC[C@@H]1CCCCN1P)[C@@H]1CC[C@H]2CN1C(=O)N2OP. The third kappa shape index (κ3) is 3.62. The third-order valence-electron chi connectivity index (χ3n) is 4.86. The van der Waals surface area contributed by atoms with Gasteiger partial charge in [0.2, 0.25) is 0 Å². The van der Waals surface area contributed by atoms with Crippen LogP contribution in [0.25, 0.3) is 0 Å². The number of carbonyl (C=O) groups is 2. The van der Waals surface area contributed by atoms with Gasteiger partial charge in [0.15, 0.2) is 0 Å². The molecular formula is C13H24N4O4P2. The van der Waals surface area contributed by atoms with Crippen molar-refractivity contribution in [2.24, 2.45) is 0 Å². The highest BCUT2D eigenvalue weighted by Gasteiger charge is 2.47. The van der Waals surface area contributed by atoms with Gasteiger partial charge in [-0.25, -0.2) is 10.3 Å². The van der Waals surface area contributed by atoms with Crippen molar-refractivity contribution in [3.05, 3.63) is 0 Å². The van der Waals surface area contributed by atoms with Crippen molar-refractivity contribution < 1.29 is 19.1 Å². The quantitative estimate of drug-likeness (QED) is 0.575. The van der Waals surface area contributed by atoms with Crippen molar-refractivity contribution in [1.82, 2.24) is 20.1 Å². The molecule has 0 spiro atoms. The first-order chi connectivity index (χ1) is 11.1. The van der Waals surface area contributed by atoms with Gasteiger partial charge in [-0.1, -0.05) is 15.8 Å². The van der Waals surface area contributed by atoms with Crippen molar-refractivity contribution in [1.29, 1.82) is 0 Å². The molecule has 8 nitrogen and oxygen atoms in total. The van der Waals surface area contributed by atoms with Gasteiger partial charge < -0.3 is 4.90 Å². The van der Waals surface area contributed by atoms with Crippen LogP contribution in [0.1, 0.15) is 32.1 Å². The molecule has 3 aliphatic heterocycles. The number of hydrogen-bond acceptors (Lipinski definition) is 5. The highest BCUT2D eigenvalue weighted by Crippen LogP contribution is 2.30. The second kappa shape index (κ2) is 7.58. The van der Waals surface area contributed by atoms with Crippen molar-refractivity contribution >= 4 is 30.8 Å². The van der Waals surface area contributed by atoms with Gasteiger partial charge in [0.05, 0.1) is 12.6 Å². The topological polar surface area (TPSA) is 74.4 Å². The Bertz CT molecular complexity index is 469. The van der Waals surface area contributed by atoms with Crippen molar-refractivity contribution in [3.63, 3.8) is 0 Å². The Hall–Kier alpha value is -0.520. The zero-order chi connectivity index (χ0) is 16.4. The minimum atomic E-state index is -0.484. The minimum absolute atomic E-state index is 0.0258. The highest BCUT2D eigenvalue weighted by molar-refractivity contribution is 7.13. The molecule has 0 aromatic heterocycles. The molecule has 0 radical (unpaired) electrons. The minimum Gasteiger partial charge on any atom is -0.309 e. The summed E-state index contributed by atoms with van der Waals surface area (Å²) in [6.45, 7) is 2.01. The maximum absolute atomic E-state index is 12.3. The first-order valence-corrected chi connectivity index (χ1v) is 9.00. The van der Waals surface area contributed by atoms with Crippen LogP contribution in [0.3, 0.4) is 0 Å². The molecule has 130 valence electrons.